The van der Waals surface area contributed by atoms with Gasteiger partial charge in [0, 0.05) is 17.1 Å². The second kappa shape index (κ2) is 4.80. The number of hydrogen-bond donors (Lipinski definition) is 4. The Kier molecular flexibility index (Phi) is 3.41. The summed E-state index contributed by atoms with van der Waals surface area (Å²) in [6, 6.07) is 4.29. The van der Waals surface area contributed by atoms with Crippen LogP contribution < -0.4 is 0 Å². The van der Waals surface area contributed by atoms with E-state index in [0.717, 1.165) is 24.3 Å². The molecule has 0 aliphatic heterocycles. The van der Waals surface area contributed by atoms with Gasteiger partial charge in [-0.25, -0.2) is 0 Å². The number of ketones is 2. The van der Waals surface area contributed by atoms with Crippen molar-refractivity contribution in [2.45, 2.75) is 0 Å². The van der Waals surface area contributed by atoms with Crippen molar-refractivity contribution in [1.29, 1.82) is 0 Å². The maximum Gasteiger partial charge on any atom is 0.202 e. The van der Waals surface area contributed by atoms with Crippen molar-refractivity contribution in [3.05, 3.63) is 46.5 Å². The SMILES string of the molecule is O=C1c2c(O)ccc(O)c2C(=O)c2c(O)ccc(O)c21.[Cu]. The molecule has 0 heterocycles. The first-order valence-corrected chi connectivity index (χ1v) is 5.62. The maximum absolute atomic E-state index is 12.3. The summed E-state index contributed by atoms with van der Waals surface area (Å²) in [5.41, 5.74) is -1.54. The Morgan fingerprint density at radius 3 is 0.905 bits per heavy atom. The number of phenolic OH excluding ortho intramolecular Hbond substituents is 4. The third kappa shape index (κ3) is 1.86. The summed E-state index contributed by atoms with van der Waals surface area (Å²) in [4.78, 5) is 24.6. The Balaban J connectivity index is 0.00000161. The van der Waals surface area contributed by atoms with Crippen LogP contribution in [0.25, 0.3) is 0 Å². The van der Waals surface area contributed by atoms with Gasteiger partial charge in [-0.1, -0.05) is 0 Å². The van der Waals surface area contributed by atoms with Crippen molar-refractivity contribution in [3.63, 3.8) is 0 Å². The summed E-state index contributed by atoms with van der Waals surface area (Å²) >= 11 is 0. The molecule has 2 aromatic carbocycles. The van der Waals surface area contributed by atoms with Crippen molar-refractivity contribution in [2.75, 3.05) is 0 Å². The van der Waals surface area contributed by atoms with Gasteiger partial charge in [-0.15, -0.1) is 0 Å². The quantitative estimate of drug-likeness (QED) is 0.363. The molecule has 0 aromatic heterocycles. The molecule has 0 fully saturated rings. The summed E-state index contributed by atoms with van der Waals surface area (Å²) in [6.07, 6.45) is 0. The molecule has 0 unspecified atom stereocenters. The van der Waals surface area contributed by atoms with Crippen LogP contribution >= 0.6 is 0 Å². The van der Waals surface area contributed by atoms with Crippen LogP contribution in [-0.2, 0) is 17.1 Å². The van der Waals surface area contributed by atoms with Crippen LogP contribution in [0, 0.1) is 0 Å². The topological polar surface area (TPSA) is 115 Å². The van der Waals surface area contributed by atoms with Crippen molar-refractivity contribution >= 4 is 11.6 Å². The first kappa shape index (κ1) is 14.9. The van der Waals surface area contributed by atoms with E-state index < -0.39 is 34.6 Å². The van der Waals surface area contributed by atoms with Gasteiger partial charge in [-0.3, -0.25) is 9.59 Å². The number of carbonyl (C=O) groups excluding carboxylic acids is 2. The molecule has 6 nitrogen and oxygen atoms in total. The van der Waals surface area contributed by atoms with Crippen molar-refractivity contribution in [1.82, 2.24) is 0 Å². The molecule has 21 heavy (non-hydrogen) atoms. The molecule has 2 aromatic rings. The van der Waals surface area contributed by atoms with Gasteiger partial charge in [0.05, 0.1) is 22.3 Å². The van der Waals surface area contributed by atoms with Crippen LogP contribution in [0.3, 0.4) is 0 Å². The molecular formula is C14H8CuO6. The van der Waals surface area contributed by atoms with Gasteiger partial charge >= 0.3 is 0 Å². The number of hydrogen-bond acceptors (Lipinski definition) is 6. The molecule has 1 aliphatic carbocycles. The fraction of sp³-hybridized carbons (Fsp3) is 0. The third-order valence-corrected chi connectivity index (χ3v) is 3.23. The van der Waals surface area contributed by atoms with Crippen molar-refractivity contribution in [3.8, 4) is 23.0 Å². The molecule has 0 bridgehead atoms. The minimum atomic E-state index is -0.837. The van der Waals surface area contributed by atoms with Crippen LogP contribution in [0.15, 0.2) is 24.3 Å². The van der Waals surface area contributed by atoms with E-state index in [0.29, 0.717) is 0 Å². The Bertz CT molecular complexity index is 667. The predicted molar refractivity (Wildman–Crippen MR) is 66.4 cm³/mol. The molecule has 7 heteroatoms. The van der Waals surface area contributed by atoms with E-state index in [-0.39, 0.29) is 39.3 Å². The number of aromatic hydroxyl groups is 4. The number of benzene rings is 2. The zero-order valence-electron chi connectivity index (χ0n) is 10.2. The van der Waals surface area contributed by atoms with Gasteiger partial charge in [0.2, 0.25) is 11.6 Å². The van der Waals surface area contributed by atoms with Gasteiger partial charge in [-0.05, 0) is 24.3 Å². The van der Waals surface area contributed by atoms with Crippen molar-refractivity contribution < 1.29 is 47.1 Å². The van der Waals surface area contributed by atoms with Crippen LogP contribution in [0.4, 0.5) is 0 Å². The van der Waals surface area contributed by atoms with Gasteiger partial charge in [0.1, 0.15) is 23.0 Å². The van der Waals surface area contributed by atoms with Crippen LogP contribution in [0.2, 0.25) is 0 Å². The molecule has 3 rings (SSSR count). The van der Waals surface area contributed by atoms with E-state index >= 15 is 0 Å². The Morgan fingerprint density at radius 1 is 0.524 bits per heavy atom. The standard InChI is InChI=1S/C14H8O6.Cu/c15-5-1-2-6(16)10-9(5)13(19)11-7(17)3-4-8(18)12(11)14(10)20;/h1-4,15-18H;. The van der Waals surface area contributed by atoms with Gasteiger partial charge in [0.15, 0.2) is 0 Å². The summed E-state index contributed by atoms with van der Waals surface area (Å²) in [5.74, 6) is -3.60. The van der Waals surface area contributed by atoms with E-state index in [1.165, 1.54) is 0 Å². The zero-order valence-corrected chi connectivity index (χ0v) is 11.2. The molecule has 1 aliphatic rings. The van der Waals surface area contributed by atoms with E-state index in [9.17, 15) is 30.0 Å². The molecular weight excluding hydrogens is 328 g/mol. The van der Waals surface area contributed by atoms with E-state index in [2.05, 4.69) is 0 Å². The van der Waals surface area contributed by atoms with E-state index in [1.807, 2.05) is 0 Å². The molecule has 0 spiro atoms. The average molecular weight is 336 g/mol. The van der Waals surface area contributed by atoms with Crippen molar-refractivity contribution in [2.24, 2.45) is 0 Å². The molecule has 4 N–H and O–H groups in total. The monoisotopic (exact) mass is 335 g/mol. The predicted octanol–water partition coefficient (Wildman–Crippen LogP) is 1.28. The molecule has 0 amide bonds. The molecule has 0 atom stereocenters. The Morgan fingerprint density at radius 2 is 0.714 bits per heavy atom. The van der Waals surface area contributed by atoms with E-state index in [1.54, 1.807) is 0 Å². The molecule has 1 radical (unpaired) electrons. The zero-order chi connectivity index (χ0) is 14.6. The summed E-state index contributed by atoms with van der Waals surface area (Å²) in [7, 11) is 0. The number of rotatable bonds is 0. The summed E-state index contributed by atoms with van der Waals surface area (Å²) < 4.78 is 0. The summed E-state index contributed by atoms with van der Waals surface area (Å²) in [6.45, 7) is 0. The molecule has 0 saturated carbocycles. The van der Waals surface area contributed by atoms with Crippen LogP contribution in [-0.4, -0.2) is 32.0 Å². The van der Waals surface area contributed by atoms with Gasteiger partial charge in [0.25, 0.3) is 0 Å². The first-order chi connectivity index (χ1) is 9.43. The normalized spacial score (nSPS) is 12.4. The van der Waals surface area contributed by atoms with Gasteiger partial charge in [-0.2, -0.15) is 0 Å². The Hall–Kier alpha value is -2.50. The fourth-order valence-corrected chi connectivity index (χ4v) is 2.33. The minimum Gasteiger partial charge on any atom is -0.507 e. The largest absolute Gasteiger partial charge is 0.507 e. The number of fused-ring (bicyclic) bond motifs is 2. The second-order valence-electron chi connectivity index (χ2n) is 4.37. The second-order valence-corrected chi connectivity index (χ2v) is 4.37. The number of carbonyl (C=O) groups is 2. The Labute approximate surface area is 128 Å². The smallest absolute Gasteiger partial charge is 0.202 e. The minimum absolute atomic E-state index is 0. The van der Waals surface area contributed by atoms with Crippen LogP contribution in [0.5, 0.6) is 23.0 Å². The maximum atomic E-state index is 12.3. The summed E-state index contributed by atoms with van der Waals surface area (Å²) in [5, 5.41) is 38.9. The molecule has 111 valence electrons. The van der Waals surface area contributed by atoms with E-state index in [4.69, 9.17) is 0 Å². The third-order valence-electron chi connectivity index (χ3n) is 3.23. The van der Waals surface area contributed by atoms with Crippen LogP contribution in [0.1, 0.15) is 31.8 Å². The fourth-order valence-electron chi connectivity index (χ4n) is 2.33. The number of phenols is 4. The molecule has 0 saturated heterocycles. The average Bonchev–Trinajstić information content (AvgIpc) is 2.41. The first-order valence-electron chi connectivity index (χ1n) is 5.62. The van der Waals surface area contributed by atoms with Gasteiger partial charge < -0.3 is 20.4 Å².